The molecule has 3 rings (SSSR count). The number of aryl methyl sites for hydroxylation is 1. The third-order valence-corrected chi connectivity index (χ3v) is 3.48. The number of nitrogens with zero attached hydrogens (tertiary/aromatic N) is 3. The second-order valence-corrected chi connectivity index (χ2v) is 4.91. The Morgan fingerprint density at radius 3 is 3.05 bits per heavy atom. The lowest BCUT2D eigenvalue weighted by Crippen LogP contribution is -2.28. The lowest BCUT2D eigenvalue weighted by Gasteiger charge is -2.07. The molecule has 0 atom stereocenters. The average Bonchev–Trinajstić information content (AvgIpc) is 3.07. The van der Waals surface area contributed by atoms with Gasteiger partial charge < -0.3 is 9.88 Å². The van der Waals surface area contributed by atoms with Gasteiger partial charge in [-0.15, -0.1) is 0 Å². The molecular weight excluding hydrogens is 266 g/mol. The quantitative estimate of drug-likeness (QED) is 0.743. The van der Waals surface area contributed by atoms with E-state index in [0.29, 0.717) is 13.0 Å². The van der Waals surface area contributed by atoms with Gasteiger partial charge in [0, 0.05) is 30.9 Å². The van der Waals surface area contributed by atoms with Crippen molar-refractivity contribution in [2.24, 2.45) is 0 Å². The van der Waals surface area contributed by atoms with Gasteiger partial charge in [0.25, 0.3) is 0 Å². The number of fused-ring (bicyclic) bond motifs is 1. The van der Waals surface area contributed by atoms with Gasteiger partial charge in [0.15, 0.2) is 0 Å². The molecule has 0 saturated heterocycles. The minimum absolute atomic E-state index is 0.0119. The standard InChI is InChI=1S/C15H17N5O/c1-11-16-6-8-20(11)9-7-17-15(21)10-14-12-4-2-3-5-13(12)18-19-14/h2-6,8H,7,9-10H2,1H3,(H,17,21)(H,18,19). The van der Waals surface area contributed by atoms with Gasteiger partial charge in [0.2, 0.25) is 5.91 Å². The van der Waals surface area contributed by atoms with Crippen LogP contribution in [0.25, 0.3) is 10.9 Å². The first kappa shape index (κ1) is 13.4. The first-order chi connectivity index (χ1) is 10.2. The van der Waals surface area contributed by atoms with Crippen molar-refractivity contribution in [1.29, 1.82) is 0 Å². The van der Waals surface area contributed by atoms with Crippen LogP contribution in [0.3, 0.4) is 0 Å². The highest BCUT2D eigenvalue weighted by Crippen LogP contribution is 2.15. The van der Waals surface area contributed by atoms with Crippen LogP contribution >= 0.6 is 0 Å². The first-order valence-corrected chi connectivity index (χ1v) is 6.90. The van der Waals surface area contributed by atoms with E-state index in [2.05, 4.69) is 20.5 Å². The molecule has 0 aliphatic heterocycles. The Labute approximate surface area is 122 Å². The van der Waals surface area contributed by atoms with Crippen molar-refractivity contribution >= 4 is 16.8 Å². The highest BCUT2D eigenvalue weighted by molar-refractivity contribution is 5.87. The highest BCUT2D eigenvalue weighted by atomic mass is 16.1. The van der Waals surface area contributed by atoms with Crippen molar-refractivity contribution in [2.45, 2.75) is 19.9 Å². The second-order valence-electron chi connectivity index (χ2n) is 4.91. The van der Waals surface area contributed by atoms with Gasteiger partial charge in [-0.05, 0) is 13.0 Å². The van der Waals surface area contributed by atoms with Crippen molar-refractivity contribution in [3.05, 3.63) is 48.2 Å². The maximum absolute atomic E-state index is 12.0. The summed E-state index contributed by atoms with van der Waals surface area (Å²) in [4.78, 5) is 16.1. The minimum atomic E-state index is -0.0119. The molecule has 108 valence electrons. The third-order valence-electron chi connectivity index (χ3n) is 3.48. The molecule has 2 aromatic heterocycles. The number of aromatic amines is 1. The van der Waals surface area contributed by atoms with E-state index in [4.69, 9.17) is 0 Å². The molecule has 0 spiro atoms. The summed E-state index contributed by atoms with van der Waals surface area (Å²) in [5.74, 6) is 0.936. The summed E-state index contributed by atoms with van der Waals surface area (Å²) < 4.78 is 2.01. The molecule has 0 saturated carbocycles. The maximum Gasteiger partial charge on any atom is 0.226 e. The average molecular weight is 283 g/mol. The molecular formula is C15H17N5O. The molecule has 2 N–H and O–H groups in total. The van der Waals surface area contributed by atoms with Gasteiger partial charge in [-0.25, -0.2) is 4.98 Å². The number of para-hydroxylation sites is 1. The summed E-state index contributed by atoms with van der Waals surface area (Å²) in [6, 6.07) is 7.77. The number of H-pyrrole nitrogens is 1. The first-order valence-electron chi connectivity index (χ1n) is 6.90. The van der Waals surface area contributed by atoms with E-state index in [1.54, 1.807) is 6.20 Å². The van der Waals surface area contributed by atoms with Crippen LogP contribution in [0.2, 0.25) is 0 Å². The number of benzene rings is 1. The van der Waals surface area contributed by atoms with E-state index in [1.165, 1.54) is 0 Å². The van der Waals surface area contributed by atoms with Gasteiger partial charge in [0.1, 0.15) is 5.82 Å². The number of hydrogen-bond donors (Lipinski definition) is 2. The summed E-state index contributed by atoms with van der Waals surface area (Å²) in [7, 11) is 0. The Balaban J connectivity index is 1.56. The Morgan fingerprint density at radius 1 is 1.38 bits per heavy atom. The molecule has 3 aromatic rings. The molecule has 2 heterocycles. The van der Waals surface area contributed by atoms with Gasteiger partial charge in [-0.2, -0.15) is 5.10 Å². The number of nitrogens with one attached hydrogen (secondary N) is 2. The molecule has 1 amide bonds. The van der Waals surface area contributed by atoms with E-state index in [-0.39, 0.29) is 5.91 Å². The summed E-state index contributed by atoms with van der Waals surface area (Å²) >= 11 is 0. The molecule has 1 aromatic carbocycles. The SMILES string of the molecule is Cc1nccn1CCNC(=O)Cc1[nH]nc2ccccc12. The van der Waals surface area contributed by atoms with Crippen molar-refractivity contribution in [1.82, 2.24) is 25.1 Å². The van der Waals surface area contributed by atoms with Crippen molar-refractivity contribution < 1.29 is 4.79 Å². The topological polar surface area (TPSA) is 75.6 Å². The Morgan fingerprint density at radius 2 is 2.24 bits per heavy atom. The van der Waals surface area contributed by atoms with Crippen molar-refractivity contribution in [3.8, 4) is 0 Å². The normalized spacial score (nSPS) is 10.9. The minimum Gasteiger partial charge on any atom is -0.354 e. The van der Waals surface area contributed by atoms with Crippen molar-refractivity contribution in [2.75, 3.05) is 6.54 Å². The molecule has 6 nitrogen and oxygen atoms in total. The number of carbonyl (C=O) groups excluding carboxylic acids is 1. The largest absolute Gasteiger partial charge is 0.354 e. The molecule has 0 radical (unpaired) electrons. The lowest BCUT2D eigenvalue weighted by molar-refractivity contribution is -0.120. The van der Waals surface area contributed by atoms with E-state index in [1.807, 2.05) is 42.0 Å². The monoisotopic (exact) mass is 283 g/mol. The number of hydrogen-bond acceptors (Lipinski definition) is 3. The fourth-order valence-electron chi connectivity index (χ4n) is 2.33. The van der Waals surface area contributed by atoms with E-state index in [0.717, 1.165) is 29.0 Å². The van der Waals surface area contributed by atoms with Crippen molar-refractivity contribution in [3.63, 3.8) is 0 Å². The lowest BCUT2D eigenvalue weighted by atomic mass is 10.1. The Hall–Kier alpha value is -2.63. The summed E-state index contributed by atoms with van der Waals surface area (Å²) in [5.41, 5.74) is 1.73. The zero-order valence-electron chi connectivity index (χ0n) is 11.8. The van der Waals surface area contributed by atoms with E-state index in [9.17, 15) is 4.79 Å². The Bertz CT molecular complexity index is 758. The molecule has 0 unspecified atom stereocenters. The predicted octanol–water partition coefficient (Wildman–Crippen LogP) is 1.43. The smallest absolute Gasteiger partial charge is 0.226 e. The third kappa shape index (κ3) is 2.94. The van der Waals surface area contributed by atoms with Crippen LogP contribution in [0, 0.1) is 6.92 Å². The number of carbonyl (C=O) groups is 1. The van der Waals surface area contributed by atoms with Gasteiger partial charge in [-0.3, -0.25) is 9.89 Å². The Kier molecular flexibility index (Phi) is 3.68. The zero-order chi connectivity index (χ0) is 14.7. The summed E-state index contributed by atoms with van der Waals surface area (Å²) in [6.07, 6.45) is 3.97. The summed E-state index contributed by atoms with van der Waals surface area (Å²) in [6.45, 7) is 3.25. The van der Waals surface area contributed by atoms with Gasteiger partial charge >= 0.3 is 0 Å². The number of imidazole rings is 1. The molecule has 0 aliphatic carbocycles. The van der Waals surface area contributed by atoms with Crippen LogP contribution < -0.4 is 5.32 Å². The zero-order valence-corrected chi connectivity index (χ0v) is 11.8. The van der Waals surface area contributed by atoms with E-state index >= 15 is 0 Å². The van der Waals surface area contributed by atoms with E-state index < -0.39 is 0 Å². The molecule has 0 bridgehead atoms. The predicted molar refractivity (Wildman–Crippen MR) is 79.8 cm³/mol. The fourth-order valence-corrected chi connectivity index (χ4v) is 2.33. The molecule has 0 fully saturated rings. The number of amides is 1. The van der Waals surface area contributed by atoms with Gasteiger partial charge in [0.05, 0.1) is 17.6 Å². The van der Waals surface area contributed by atoms with Crippen LogP contribution in [0.5, 0.6) is 0 Å². The van der Waals surface area contributed by atoms with Crippen LogP contribution in [-0.4, -0.2) is 32.2 Å². The van der Waals surface area contributed by atoms with Crippen LogP contribution in [0.1, 0.15) is 11.5 Å². The highest BCUT2D eigenvalue weighted by Gasteiger charge is 2.09. The van der Waals surface area contributed by atoms with Crippen LogP contribution in [-0.2, 0) is 17.8 Å². The summed E-state index contributed by atoms with van der Waals surface area (Å²) in [5, 5.41) is 11.0. The van der Waals surface area contributed by atoms with Crippen LogP contribution in [0.4, 0.5) is 0 Å². The second kappa shape index (κ2) is 5.78. The number of rotatable bonds is 5. The van der Waals surface area contributed by atoms with Crippen LogP contribution in [0.15, 0.2) is 36.7 Å². The fraction of sp³-hybridized carbons (Fsp3) is 0.267. The maximum atomic E-state index is 12.0. The number of aromatic nitrogens is 4. The molecule has 0 aliphatic rings. The molecule has 6 heteroatoms. The van der Waals surface area contributed by atoms with Gasteiger partial charge in [-0.1, -0.05) is 18.2 Å². The molecule has 21 heavy (non-hydrogen) atoms.